The first-order valence-corrected chi connectivity index (χ1v) is 9.45. The number of nitrogens with zero attached hydrogens (tertiary/aromatic N) is 4. The van der Waals surface area contributed by atoms with Crippen LogP contribution in [0.2, 0.25) is 0 Å². The number of pyridine rings is 1. The summed E-state index contributed by atoms with van der Waals surface area (Å²) in [5.74, 6) is 0.226. The largest absolute Gasteiger partial charge is 0.353 e. The van der Waals surface area contributed by atoms with Crippen molar-refractivity contribution in [1.82, 2.24) is 25.2 Å². The number of carbonyl (C=O) groups excluding carboxylic acids is 2. The molecule has 0 unspecified atom stereocenters. The van der Waals surface area contributed by atoms with Gasteiger partial charge in [-0.3, -0.25) is 14.6 Å². The van der Waals surface area contributed by atoms with Crippen LogP contribution in [-0.2, 0) is 4.79 Å². The van der Waals surface area contributed by atoms with E-state index in [1.54, 1.807) is 29.3 Å². The van der Waals surface area contributed by atoms with E-state index in [2.05, 4.69) is 20.3 Å². The third-order valence-corrected chi connectivity index (χ3v) is 4.85. The molecular weight excluding hydrogens is 366 g/mol. The van der Waals surface area contributed by atoms with Gasteiger partial charge in [-0.1, -0.05) is 12.1 Å². The maximum atomic E-state index is 12.8. The van der Waals surface area contributed by atoms with Crippen molar-refractivity contribution in [3.05, 3.63) is 65.6 Å². The summed E-state index contributed by atoms with van der Waals surface area (Å²) in [4.78, 5) is 39.5. The van der Waals surface area contributed by atoms with Crippen LogP contribution in [0.1, 0.15) is 21.7 Å². The highest BCUT2D eigenvalue weighted by atomic mass is 16.2. The Hall–Kier alpha value is -3.61. The van der Waals surface area contributed by atoms with E-state index in [1.165, 1.54) is 0 Å². The quantitative estimate of drug-likeness (QED) is 0.746. The molecule has 1 N–H and O–H groups in total. The lowest BCUT2D eigenvalue weighted by atomic mass is 10.1. The van der Waals surface area contributed by atoms with Crippen LogP contribution in [0.3, 0.4) is 0 Å². The fourth-order valence-corrected chi connectivity index (χ4v) is 3.39. The molecule has 29 heavy (non-hydrogen) atoms. The number of piperazine rings is 1. The van der Waals surface area contributed by atoms with Crippen molar-refractivity contribution in [3.8, 4) is 22.6 Å². The standard InChI is InChI=1S/C22H21N5O2/c1-14-6-7-18(15(2)25-14)19-8-9-24-21(26-19)16-4-3-5-17(12-16)22(29)27-11-10-23-20(28)13-27/h3-9,12H,10-11,13H2,1-2H3,(H,23,28). The molecule has 2 aromatic heterocycles. The molecule has 1 aromatic carbocycles. The summed E-state index contributed by atoms with van der Waals surface area (Å²) in [5.41, 5.74) is 4.85. The number of rotatable bonds is 3. The Morgan fingerprint density at radius 1 is 1.10 bits per heavy atom. The van der Waals surface area contributed by atoms with E-state index in [0.717, 1.165) is 28.2 Å². The first-order chi connectivity index (χ1) is 14.0. The highest BCUT2D eigenvalue weighted by Crippen LogP contribution is 2.24. The molecule has 4 rings (SSSR count). The Labute approximate surface area is 168 Å². The maximum absolute atomic E-state index is 12.8. The summed E-state index contributed by atoms with van der Waals surface area (Å²) in [6.45, 7) is 4.96. The zero-order chi connectivity index (χ0) is 20.4. The lowest BCUT2D eigenvalue weighted by Gasteiger charge is -2.26. The molecule has 7 nitrogen and oxygen atoms in total. The summed E-state index contributed by atoms with van der Waals surface area (Å²) in [6.07, 6.45) is 1.71. The van der Waals surface area contributed by atoms with Crippen molar-refractivity contribution in [2.45, 2.75) is 13.8 Å². The number of hydrogen-bond acceptors (Lipinski definition) is 5. The SMILES string of the molecule is Cc1ccc(-c2ccnc(-c3cccc(C(=O)N4CCNC(=O)C4)c3)n2)c(C)n1. The molecule has 1 aliphatic heterocycles. The molecular formula is C22H21N5O2. The van der Waals surface area contributed by atoms with Gasteiger partial charge in [-0.2, -0.15) is 0 Å². The second kappa shape index (κ2) is 7.79. The predicted octanol–water partition coefficient (Wildman–Crippen LogP) is 2.39. The summed E-state index contributed by atoms with van der Waals surface area (Å²) in [6, 6.07) is 13.0. The van der Waals surface area contributed by atoms with Gasteiger partial charge in [-0.15, -0.1) is 0 Å². The van der Waals surface area contributed by atoms with Crippen molar-refractivity contribution in [2.75, 3.05) is 19.6 Å². The van der Waals surface area contributed by atoms with Gasteiger partial charge in [-0.05, 0) is 44.2 Å². The number of carbonyl (C=O) groups is 2. The minimum Gasteiger partial charge on any atom is -0.353 e. The molecule has 1 aliphatic rings. The van der Waals surface area contributed by atoms with E-state index in [0.29, 0.717) is 24.5 Å². The molecule has 0 spiro atoms. The van der Waals surface area contributed by atoms with E-state index < -0.39 is 0 Å². The van der Waals surface area contributed by atoms with Gasteiger partial charge in [0.2, 0.25) is 5.91 Å². The van der Waals surface area contributed by atoms with Crippen molar-refractivity contribution < 1.29 is 9.59 Å². The maximum Gasteiger partial charge on any atom is 0.254 e. The molecule has 1 saturated heterocycles. The van der Waals surface area contributed by atoms with Gasteiger partial charge in [0.25, 0.3) is 5.91 Å². The van der Waals surface area contributed by atoms with E-state index in [1.807, 2.05) is 38.1 Å². The van der Waals surface area contributed by atoms with Gasteiger partial charge in [0, 0.05) is 47.4 Å². The van der Waals surface area contributed by atoms with Crippen molar-refractivity contribution in [2.24, 2.45) is 0 Å². The molecule has 146 valence electrons. The van der Waals surface area contributed by atoms with Gasteiger partial charge in [0.1, 0.15) is 0 Å². The van der Waals surface area contributed by atoms with Crippen molar-refractivity contribution in [1.29, 1.82) is 0 Å². The number of aryl methyl sites for hydroxylation is 2. The van der Waals surface area contributed by atoms with Crippen LogP contribution in [0, 0.1) is 13.8 Å². The lowest BCUT2D eigenvalue weighted by Crippen LogP contribution is -2.49. The zero-order valence-electron chi connectivity index (χ0n) is 16.3. The number of nitrogens with one attached hydrogen (secondary N) is 1. The average Bonchev–Trinajstić information content (AvgIpc) is 2.73. The predicted molar refractivity (Wildman–Crippen MR) is 109 cm³/mol. The number of aromatic nitrogens is 3. The van der Waals surface area contributed by atoms with Crippen molar-refractivity contribution in [3.63, 3.8) is 0 Å². The minimum absolute atomic E-state index is 0.0781. The molecule has 0 saturated carbocycles. The number of amides is 2. The summed E-state index contributed by atoms with van der Waals surface area (Å²) >= 11 is 0. The Morgan fingerprint density at radius 2 is 1.97 bits per heavy atom. The molecule has 2 amide bonds. The summed E-state index contributed by atoms with van der Waals surface area (Å²) in [7, 11) is 0. The van der Waals surface area contributed by atoms with Crippen LogP contribution in [0.25, 0.3) is 22.6 Å². The van der Waals surface area contributed by atoms with Crippen LogP contribution >= 0.6 is 0 Å². The fourth-order valence-electron chi connectivity index (χ4n) is 3.39. The molecule has 3 heterocycles. The smallest absolute Gasteiger partial charge is 0.254 e. The van der Waals surface area contributed by atoms with E-state index >= 15 is 0 Å². The molecule has 7 heteroatoms. The van der Waals surface area contributed by atoms with Gasteiger partial charge < -0.3 is 10.2 Å². The zero-order valence-corrected chi connectivity index (χ0v) is 16.3. The van der Waals surface area contributed by atoms with Crippen LogP contribution < -0.4 is 5.32 Å². The second-order valence-electron chi connectivity index (χ2n) is 7.01. The molecule has 0 bridgehead atoms. The van der Waals surface area contributed by atoms with Crippen LogP contribution in [0.5, 0.6) is 0 Å². The van der Waals surface area contributed by atoms with E-state index in [4.69, 9.17) is 0 Å². The molecule has 3 aromatic rings. The van der Waals surface area contributed by atoms with E-state index in [9.17, 15) is 9.59 Å². The van der Waals surface area contributed by atoms with E-state index in [-0.39, 0.29) is 18.4 Å². The fraction of sp³-hybridized carbons (Fsp3) is 0.227. The third-order valence-electron chi connectivity index (χ3n) is 4.85. The summed E-state index contributed by atoms with van der Waals surface area (Å²) in [5, 5.41) is 2.73. The van der Waals surface area contributed by atoms with Crippen LogP contribution in [0.4, 0.5) is 0 Å². The number of benzene rings is 1. The van der Waals surface area contributed by atoms with Crippen molar-refractivity contribution >= 4 is 11.8 Å². The topological polar surface area (TPSA) is 88.1 Å². The molecule has 0 atom stereocenters. The lowest BCUT2D eigenvalue weighted by molar-refractivity contribution is -0.123. The van der Waals surface area contributed by atoms with Gasteiger partial charge in [-0.25, -0.2) is 9.97 Å². The van der Waals surface area contributed by atoms with Gasteiger partial charge in [0.05, 0.1) is 12.2 Å². The summed E-state index contributed by atoms with van der Waals surface area (Å²) < 4.78 is 0. The Morgan fingerprint density at radius 3 is 2.76 bits per heavy atom. The van der Waals surface area contributed by atoms with Gasteiger partial charge >= 0.3 is 0 Å². The van der Waals surface area contributed by atoms with Crippen LogP contribution in [-0.4, -0.2) is 51.3 Å². The highest BCUT2D eigenvalue weighted by Gasteiger charge is 2.22. The highest BCUT2D eigenvalue weighted by molar-refractivity contribution is 5.97. The molecule has 1 fully saturated rings. The monoisotopic (exact) mass is 387 g/mol. The second-order valence-corrected chi connectivity index (χ2v) is 7.01. The minimum atomic E-state index is -0.170. The first kappa shape index (κ1) is 18.7. The average molecular weight is 387 g/mol. The normalized spacial score (nSPS) is 13.9. The Bertz CT molecular complexity index is 1100. The number of hydrogen-bond donors (Lipinski definition) is 1. The molecule has 0 radical (unpaired) electrons. The third kappa shape index (κ3) is 3.99. The van der Waals surface area contributed by atoms with Crippen LogP contribution in [0.15, 0.2) is 48.7 Å². The van der Waals surface area contributed by atoms with Gasteiger partial charge in [0.15, 0.2) is 5.82 Å². The first-order valence-electron chi connectivity index (χ1n) is 9.45. The molecule has 0 aliphatic carbocycles. The Kier molecular flexibility index (Phi) is 5.03. The Balaban J connectivity index is 1.65.